The molecule has 1 N–H and O–H groups in total. The van der Waals surface area contributed by atoms with E-state index in [-0.39, 0.29) is 0 Å². The first kappa shape index (κ1) is 10.6. The summed E-state index contributed by atoms with van der Waals surface area (Å²) in [6.45, 7) is 1.63. The number of nitriles is 1. The monoisotopic (exact) mass is 207 g/mol. The third kappa shape index (κ3) is 2.79. The van der Waals surface area contributed by atoms with E-state index in [1.807, 2.05) is 6.07 Å². The average Bonchev–Trinajstić information content (AvgIpc) is 2.19. The number of hydrogen-bond acceptors (Lipinski definition) is 3. The predicted molar refractivity (Wildman–Crippen MR) is 54.1 cm³/mol. The zero-order chi connectivity index (χ0) is 10.6. The molecule has 3 nitrogen and oxygen atoms in total. The van der Waals surface area contributed by atoms with Crippen LogP contribution in [-0.4, -0.2) is 16.3 Å². The maximum atomic E-state index is 10.6. The molecule has 1 unspecified atom stereocenters. The molecule has 0 fully saturated rings. The minimum Gasteiger partial charge on any atom is -0.480 e. The van der Waals surface area contributed by atoms with Crippen molar-refractivity contribution < 1.29 is 9.90 Å². The highest BCUT2D eigenvalue weighted by molar-refractivity contribution is 8.00. The van der Waals surface area contributed by atoms with E-state index in [0.717, 1.165) is 4.90 Å². The Morgan fingerprint density at radius 2 is 2.07 bits per heavy atom. The van der Waals surface area contributed by atoms with Gasteiger partial charge in [-0.05, 0) is 31.2 Å². The molecule has 72 valence electrons. The van der Waals surface area contributed by atoms with E-state index < -0.39 is 11.2 Å². The highest BCUT2D eigenvalue weighted by Crippen LogP contribution is 2.23. The van der Waals surface area contributed by atoms with Gasteiger partial charge in [0.1, 0.15) is 5.25 Å². The Balaban J connectivity index is 2.70. The topological polar surface area (TPSA) is 61.1 Å². The van der Waals surface area contributed by atoms with Gasteiger partial charge >= 0.3 is 5.97 Å². The summed E-state index contributed by atoms with van der Waals surface area (Å²) >= 11 is 1.26. The summed E-state index contributed by atoms with van der Waals surface area (Å²) in [7, 11) is 0. The van der Waals surface area contributed by atoms with Crippen LogP contribution >= 0.6 is 11.8 Å². The summed E-state index contributed by atoms with van der Waals surface area (Å²) in [5.41, 5.74) is 0.581. The van der Waals surface area contributed by atoms with Crippen LogP contribution in [0, 0.1) is 11.3 Å². The molecule has 0 radical (unpaired) electrons. The molecule has 1 atom stereocenters. The maximum absolute atomic E-state index is 10.6. The van der Waals surface area contributed by atoms with E-state index in [4.69, 9.17) is 10.4 Å². The highest BCUT2D eigenvalue weighted by atomic mass is 32.2. The number of benzene rings is 1. The van der Waals surface area contributed by atoms with Crippen LogP contribution in [0.25, 0.3) is 0 Å². The van der Waals surface area contributed by atoms with E-state index >= 15 is 0 Å². The first-order chi connectivity index (χ1) is 6.63. The van der Waals surface area contributed by atoms with E-state index in [1.54, 1.807) is 31.2 Å². The molecule has 0 amide bonds. The molecule has 1 aromatic carbocycles. The molecule has 0 aliphatic rings. The van der Waals surface area contributed by atoms with Gasteiger partial charge in [-0.15, -0.1) is 11.8 Å². The standard InChI is InChI=1S/C10H9NO2S/c1-7(10(12)13)14-9-4-2-8(6-11)3-5-9/h2-5,7H,1H3,(H,12,13). The van der Waals surface area contributed by atoms with Gasteiger partial charge in [0, 0.05) is 4.90 Å². The van der Waals surface area contributed by atoms with Crippen LogP contribution in [-0.2, 0) is 4.79 Å². The molecule has 0 saturated carbocycles. The van der Waals surface area contributed by atoms with E-state index in [9.17, 15) is 4.79 Å². The Bertz CT molecular complexity index is 367. The largest absolute Gasteiger partial charge is 0.480 e. The summed E-state index contributed by atoms with van der Waals surface area (Å²) in [5, 5.41) is 16.7. The lowest BCUT2D eigenvalue weighted by Gasteiger charge is -2.05. The zero-order valence-corrected chi connectivity index (χ0v) is 8.41. The van der Waals surface area contributed by atoms with Gasteiger partial charge in [0.2, 0.25) is 0 Å². The quantitative estimate of drug-likeness (QED) is 0.771. The molecule has 0 bridgehead atoms. The first-order valence-electron chi connectivity index (χ1n) is 4.03. The molecule has 0 saturated heterocycles. The van der Waals surface area contributed by atoms with Crippen LogP contribution in [0.2, 0.25) is 0 Å². The van der Waals surface area contributed by atoms with Crippen LogP contribution in [0.3, 0.4) is 0 Å². The van der Waals surface area contributed by atoms with Crippen molar-refractivity contribution in [2.75, 3.05) is 0 Å². The lowest BCUT2D eigenvalue weighted by atomic mass is 10.2. The smallest absolute Gasteiger partial charge is 0.316 e. The average molecular weight is 207 g/mol. The van der Waals surface area contributed by atoms with Crippen LogP contribution in [0.4, 0.5) is 0 Å². The van der Waals surface area contributed by atoms with Gasteiger partial charge in [0.25, 0.3) is 0 Å². The first-order valence-corrected chi connectivity index (χ1v) is 4.91. The number of nitrogens with zero attached hydrogens (tertiary/aromatic N) is 1. The molecule has 0 heterocycles. The fraction of sp³-hybridized carbons (Fsp3) is 0.200. The van der Waals surface area contributed by atoms with Crippen LogP contribution in [0.1, 0.15) is 12.5 Å². The van der Waals surface area contributed by atoms with E-state index in [2.05, 4.69) is 0 Å². The second-order valence-corrected chi connectivity index (χ2v) is 4.15. The van der Waals surface area contributed by atoms with Crippen molar-refractivity contribution in [1.82, 2.24) is 0 Å². The molecule has 0 aliphatic carbocycles. The normalized spacial score (nSPS) is 11.7. The number of aliphatic carboxylic acids is 1. The summed E-state index contributed by atoms with van der Waals surface area (Å²) < 4.78 is 0. The van der Waals surface area contributed by atoms with Crippen LogP contribution in [0.5, 0.6) is 0 Å². The van der Waals surface area contributed by atoms with Crippen molar-refractivity contribution in [3.05, 3.63) is 29.8 Å². The molecule has 1 aromatic rings. The Labute approximate surface area is 86.4 Å². The molecule has 0 spiro atoms. The van der Waals surface area contributed by atoms with Gasteiger partial charge in [-0.25, -0.2) is 0 Å². The van der Waals surface area contributed by atoms with Crippen molar-refractivity contribution in [1.29, 1.82) is 5.26 Å². The summed E-state index contributed by atoms with van der Waals surface area (Å²) in [6, 6.07) is 8.86. The van der Waals surface area contributed by atoms with E-state index in [1.165, 1.54) is 11.8 Å². The fourth-order valence-electron chi connectivity index (χ4n) is 0.863. The second-order valence-electron chi connectivity index (χ2n) is 2.73. The van der Waals surface area contributed by atoms with Crippen LogP contribution in [0.15, 0.2) is 29.2 Å². The minimum absolute atomic E-state index is 0.470. The third-order valence-electron chi connectivity index (χ3n) is 1.64. The Morgan fingerprint density at radius 1 is 1.50 bits per heavy atom. The van der Waals surface area contributed by atoms with Crippen molar-refractivity contribution in [2.45, 2.75) is 17.1 Å². The molecule has 4 heteroatoms. The summed E-state index contributed by atoms with van der Waals surface area (Å²) in [5.74, 6) is -0.834. The zero-order valence-electron chi connectivity index (χ0n) is 7.60. The van der Waals surface area contributed by atoms with Gasteiger partial charge in [0.15, 0.2) is 0 Å². The number of thioether (sulfide) groups is 1. The van der Waals surface area contributed by atoms with E-state index in [0.29, 0.717) is 5.56 Å². The van der Waals surface area contributed by atoms with Gasteiger partial charge in [-0.1, -0.05) is 0 Å². The minimum atomic E-state index is -0.834. The van der Waals surface area contributed by atoms with Crippen LogP contribution < -0.4 is 0 Å². The number of carboxylic acid groups (broad SMARTS) is 1. The van der Waals surface area contributed by atoms with Crippen molar-refractivity contribution in [3.8, 4) is 6.07 Å². The SMILES string of the molecule is CC(Sc1ccc(C#N)cc1)C(=O)O. The van der Waals surface area contributed by atoms with Crippen molar-refractivity contribution in [3.63, 3.8) is 0 Å². The third-order valence-corrected chi connectivity index (χ3v) is 2.74. The van der Waals surface area contributed by atoms with Gasteiger partial charge < -0.3 is 5.11 Å². The maximum Gasteiger partial charge on any atom is 0.316 e. The molecule has 1 rings (SSSR count). The molecular formula is C10H9NO2S. The lowest BCUT2D eigenvalue weighted by Crippen LogP contribution is -2.10. The lowest BCUT2D eigenvalue weighted by molar-refractivity contribution is -0.136. The number of rotatable bonds is 3. The predicted octanol–water partition coefficient (Wildman–Crippen LogP) is 2.12. The van der Waals surface area contributed by atoms with Gasteiger partial charge in [0.05, 0.1) is 11.6 Å². The van der Waals surface area contributed by atoms with Gasteiger partial charge in [-0.2, -0.15) is 5.26 Å². The van der Waals surface area contributed by atoms with Crippen molar-refractivity contribution in [2.24, 2.45) is 0 Å². The summed E-state index contributed by atoms with van der Waals surface area (Å²) in [4.78, 5) is 11.4. The molecular weight excluding hydrogens is 198 g/mol. The second kappa shape index (κ2) is 4.68. The fourth-order valence-corrected chi connectivity index (χ4v) is 1.66. The Kier molecular flexibility index (Phi) is 3.55. The Morgan fingerprint density at radius 3 is 2.50 bits per heavy atom. The Hall–Kier alpha value is -1.47. The highest BCUT2D eigenvalue weighted by Gasteiger charge is 2.11. The number of hydrogen-bond donors (Lipinski definition) is 1. The van der Waals surface area contributed by atoms with Crippen molar-refractivity contribution >= 4 is 17.7 Å². The molecule has 0 aliphatic heterocycles. The number of carbonyl (C=O) groups is 1. The number of carboxylic acids is 1. The molecule has 0 aromatic heterocycles. The van der Waals surface area contributed by atoms with Gasteiger partial charge in [-0.3, -0.25) is 4.79 Å². The summed E-state index contributed by atoms with van der Waals surface area (Å²) in [6.07, 6.45) is 0. The molecule has 14 heavy (non-hydrogen) atoms.